The molecule has 0 bridgehead atoms. The number of hydrogen-bond donors (Lipinski definition) is 0. The van der Waals surface area contributed by atoms with Crippen LogP contribution >= 0.6 is 0 Å². The molecule has 0 amide bonds. The van der Waals surface area contributed by atoms with Crippen molar-refractivity contribution >= 4 is 28.3 Å². The Bertz CT molecular complexity index is 1760. The molecular weight excluding hydrogens is 518 g/mol. The fourth-order valence-electron chi connectivity index (χ4n) is 6.23. The summed E-state index contributed by atoms with van der Waals surface area (Å²) >= 11 is 0. The Morgan fingerprint density at radius 3 is 2.54 bits per heavy atom. The molecule has 2 atom stereocenters. The molecule has 8 heteroatoms. The van der Waals surface area contributed by atoms with Crippen LogP contribution in [0.5, 0.6) is 0 Å². The summed E-state index contributed by atoms with van der Waals surface area (Å²) in [5.41, 5.74) is 5.82. The first-order valence-corrected chi connectivity index (χ1v) is 13.6. The second-order valence-electron chi connectivity index (χ2n) is 10.8. The van der Waals surface area contributed by atoms with Crippen molar-refractivity contribution in [3.05, 3.63) is 116 Å². The van der Waals surface area contributed by atoms with Gasteiger partial charge in [0, 0.05) is 53.4 Å². The first-order valence-electron chi connectivity index (χ1n) is 13.6. The zero-order valence-electron chi connectivity index (χ0n) is 23.1. The van der Waals surface area contributed by atoms with Gasteiger partial charge in [0.25, 0.3) is 5.69 Å². The molecule has 3 heterocycles. The highest BCUT2D eigenvalue weighted by molar-refractivity contribution is 6.28. The van der Waals surface area contributed by atoms with E-state index in [9.17, 15) is 19.7 Å². The van der Waals surface area contributed by atoms with E-state index in [1.54, 1.807) is 18.3 Å². The van der Waals surface area contributed by atoms with Gasteiger partial charge in [0.1, 0.15) is 5.57 Å². The van der Waals surface area contributed by atoms with Crippen molar-refractivity contribution in [1.29, 1.82) is 0 Å². The summed E-state index contributed by atoms with van der Waals surface area (Å²) in [5, 5.41) is 12.5. The topological polar surface area (TPSA) is 103 Å². The minimum Gasteiger partial charge on any atom is -0.465 e. The van der Waals surface area contributed by atoms with Gasteiger partial charge in [0.05, 0.1) is 23.2 Å². The van der Waals surface area contributed by atoms with Crippen LogP contribution in [0.25, 0.3) is 22.2 Å². The molecule has 8 nitrogen and oxygen atoms in total. The Morgan fingerprint density at radius 1 is 1.05 bits per heavy atom. The van der Waals surface area contributed by atoms with Crippen molar-refractivity contribution in [3.63, 3.8) is 0 Å². The summed E-state index contributed by atoms with van der Waals surface area (Å²) in [6.07, 6.45) is 3.24. The Kier molecular flexibility index (Phi) is 6.61. The van der Waals surface area contributed by atoms with Gasteiger partial charge < -0.3 is 9.64 Å². The number of ether oxygens (including phenoxy) is 1. The molecule has 4 aromatic rings. The number of ketones is 1. The lowest BCUT2D eigenvalue weighted by Crippen LogP contribution is -2.36. The molecule has 2 aliphatic heterocycles. The smallest absolute Gasteiger partial charge is 0.343 e. The van der Waals surface area contributed by atoms with Crippen LogP contribution < -0.4 is 0 Å². The fraction of sp³-hybridized carbons (Fsp3) is 0.242. The van der Waals surface area contributed by atoms with Gasteiger partial charge in [-0.2, -0.15) is 0 Å². The standard InChI is InChI=1S/C33H29N3O5/c1-19-9-12-21(13-10-19)31-30-28(22-6-4-7-23(17-22)36(39)40)27-8-5-15-35(27)18-25(33(38)41-3)32(37)29(30)24-16-20(2)11-14-26(24)34-31/h4,6-7,9-14,16-18,27-28H,5,8,15H2,1-3H3/b25-18+/t27-,28-/m0/s1. The van der Waals surface area contributed by atoms with Gasteiger partial charge in [-0.3, -0.25) is 14.9 Å². The molecule has 1 fully saturated rings. The van der Waals surface area contributed by atoms with Gasteiger partial charge in [-0.1, -0.05) is 53.6 Å². The largest absolute Gasteiger partial charge is 0.465 e. The minimum absolute atomic E-state index is 0.0192. The van der Waals surface area contributed by atoms with Crippen LogP contribution in [0.2, 0.25) is 0 Å². The molecule has 6 rings (SSSR count). The van der Waals surface area contributed by atoms with E-state index in [0.717, 1.165) is 35.1 Å². The van der Waals surface area contributed by atoms with Crippen molar-refractivity contribution in [3.8, 4) is 11.3 Å². The Morgan fingerprint density at radius 2 is 1.80 bits per heavy atom. The molecule has 2 aliphatic rings. The predicted octanol–water partition coefficient (Wildman–Crippen LogP) is 6.28. The molecule has 1 saturated heterocycles. The van der Waals surface area contributed by atoms with Crippen LogP contribution in [0.15, 0.2) is 78.5 Å². The van der Waals surface area contributed by atoms with Crippen molar-refractivity contribution in [2.24, 2.45) is 0 Å². The number of rotatable bonds is 4. The molecular formula is C33H29N3O5. The monoisotopic (exact) mass is 547 g/mol. The van der Waals surface area contributed by atoms with Gasteiger partial charge in [-0.05, 0) is 49.9 Å². The Hall–Kier alpha value is -4.85. The van der Waals surface area contributed by atoms with Crippen molar-refractivity contribution in [2.75, 3.05) is 13.7 Å². The van der Waals surface area contributed by atoms with E-state index >= 15 is 0 Å². The number of aryl methyl sites for hydroxylation is 2. The number of nitro groups is 1. The van der Waals surface area contributed by atoms with Crippen molar-refractivity contribution < 1.29 is 19.2 Å². The second kappa shape index (κ2) is 10.3. The third kappa shape index (κ3) is 4.55. The fourth-order valence-corrected chi connectivity index (χ4v) is 6.23. The molecule has 3 aromatic carbocycles. The van der Waals surface area contributed by atoms with E-state index in [0.29, 0.717) is 34.3 Å². The molecule has 0 unspecified atom stereocenters. The maximum atomic E-state index is 14.6. The minimum atomic E-state index is -0.699. The lowest BCUT2D eigenvalue weighted by atomic mass is 9.76. The van der Waals surface area contributed by atoms with Crippen LogP contribution in [0, 0.1) is 24.0 Å². The van der Waals surface area contributed by atoms with Crippen molar-refractivity contribution in [2.45, 2.75) is 38.6 Å². The molecule has 0 N–H and O–H groups in total. The number of benzene rings is 3. The number of hydrogen-bond acceptors (Lipinski definition) is 7. The van der Waals surface area contributed by atoms with Crippen molar-refractivity contribution in [1.82, 2.24) is 9.88 Å². The first-order chi connectivity index (χ1) is 19.8. The highest BCUT2D eigenvalue weighted by Gasteiger charge is 2.42. The van der Waals surface area contributed by atoms with E-state index in [-0.39, 0.29) is 17.3 Å². The van der Waals surface area contributed by atoms with Gasteiger partial charge in [-0.15, -0.1) is 0 Å². The number of nitrogens with zero attached hydrogens (tertiary/aromatic N) is 3. The number of esters is 1. The Labute approximate surface area is 237 Å². The number of methoxy groups -OCH3 is 1. The SMILES string of the molecule is COC(=O)/C1=C/N2CCC[C@H]2[C@H](c2cccc([N+](=O)[O-])c2)c2c(-c3ccc(C)cc3)nc3ccc(C)cc3c2C1=O. The van der Waals surface area contributed by atoms with E-state index in [1.165, 1.54) is 13.2 Å². The average Bonchev–Trinajstić information content (AvgIpc) is 3.42. The Balaban J connectivity index is 1.78. The summed E-state index contributed by atoms with van der Waals surface area (Å²) in [6, 6.07) is 20.2. The van der Waals surface area contributed by atoms with Crippen LogP contribution in [-0.2, 0) is 9.53 Å². The normalized spacial score (nSPS) is 19.5. The first kappa shape index (κ1) is 26.4. The summed E-state index contributed by atoms with van der Waals surface area (Å²) < 4.78 is 5.09. The highest BCUT2D eigenvalue weighted by Crippen LogP contribution is 2.46. The summed E-state index contributed by atoms with van der Waals surface area (Å²) in [6.45, 7) is 4.59. The summed E-state index contributed by atoms with van der Waals surface area (Å²) in [7, 11) is 1.27. The van der Waals surface area contributed by atoms with Gasteiger partial charge in [0.15, 0.2) is 0 Å². The number of pyridine rings is 1. The van der Waals surface area contributed by atoms with E-state index in [2.05, 4.69) is 0 Å². The maximum Gasteiger partial charge on any atom is 0.343 e. The van der Waals surface area contributed by atoms with Gasteiger partial charge in [-0.25, -0.2) is 9.78 Å². The van der Waals surface area contributed by atoms with Crippen LogP contribution in [-0.4, -0.2) is 46.3 Å². The molecule has 0 saturated carbocycles. The maximum absolute atomic E-state index is 14.6. The van der Waals surface area contributed by atoms with Crippen LogP contribution in [0.4, 0.5) is 5.69 Å². The number of carbonyl (C=O) groups is 2. The number of aromatic nitrogens is 1. The zero-order valence-corrected chi connectivity index (χ0v) is 23.1. The third-order valence-electron chi connectivity index (χ3n) is 8.15. The number of nitro benzene ring substituents is 1. The molecule has 0 spiro atoms. The summed E-state index contributed by atoms with van der Waals surface area (Å²) in [4.78, 5) is 46.2. The van der Waals surface area contributed by atoms with E-state index < -0.39 is 22.6 Å². The predicted molar refractivity (Wildman–Crippen MR) is 156 cm³/mol. The lowest BCUT2D eigenvalue weighted by Gasteiger charge is -2.36. The lowest BCUT2D eigenvalue weighted by molar-refractivity contribution is -0.384. The number of Topliss-reactive ketones (excluding diaryl/α,β-unsaturated/α-hetero) is 1. The van der Waals surface area contributed by atoms with E-state index in [1.807, 2.05) is 67.3 Å². The van der Waals surface area contributed by atoms with Gasteiger partial charge >= 0.3 is 5.97 Å². The zero-order chi connectivity index (χ0) is 28.8. The van der Waals surface area contributed by atoms with E-state index in [4.69, 9.17) is 9.72 Å². The highest BCUT2D eigenvalue weighted by atomic mass is 16.6. The molecule has 1 aromatic heterocycles. The molecule has 0 radical (unpaired) electrons. The number of non-ortho nitro benzene ring substituents is 1. The quantitative estimate of drug-likeness (QED) is 0.128. The second-order valence-corrected chi connectivity index (χ2v) is 10.8. The number of fused-ring (bicyclic) bond motifs is 4. The summed E-state index contributed by atoms with van der Waals surface area (Å²) in [5.74, 6) is -1.57. The molecule has 41 heavy (non-hydrogen) atoms. The van der Waals surface area contributed by atoms with Crippen LogP contribution in [0.1, 0.15) is 51.4 Å². The molecule has 206 valence electrons. The van der Waals surface area contributed by atoms with Crippen LogP contribution in [0.3, 0.4) is 0 Å². The van der Waals surface area contributed by atoms with Gasteiger partial charge in [0.2, 0.25) is 5.78 Å². The average molecular weight is 548 g/mol. The third-order valence-corrected chi connectivity index (χ3v) is 8.15. The molecule has 0 aliphatic carbocycles. The number of carbonyl (C=O) groups excluding carboxylic acids is 2.